The van der Waals surface area contributed by atoms with Gasteiger partial charge in [0.05, 0.1) is 19.7 Å². The monoisotopic (exact) mass is 468 g/mol. The number of hydrogen-bond acceptors (Lipinski definition) is 8. The van der Waals surface area contributed by atoms with E-state index in [0.29, 0.717) is 6.54 Å². The van der Waals surface area contributed by atoms with Gasteiger partial charge in [0.1, 0.15) is 5.52 Å². The number of carbonyl (C=O) groups is 1. The topological polar surface area (TPSA) is 104 Å². The number of halogens is 3. The maximum Gasteiger partial charge on any atom is 0.491 e. The molecule has 1 atom stereocenters. The van der Waals surface area contributed by atoms with Gasteiger partial charge in [0, 0.05) is 19.6 Å². The van der Waals surface area contributed by atoms with Gasteiger partial charge in [0.15, 0.2) is 17.7 Å². The van der Waals surface area contributed by atoms with E-state index in [-0.39, 0.29) is 55.8 Å². The average Bonchev–Trinajstić information content (AvgIpc) is 3.03. The first kappa shape index (κ1) is 24.1. The van der Waals surface area contributed by atoms with Crippen LogP contribution < -0.4 is 20.6 Å². The first-order valence-electron chi connectivity index (χ1n) is 10.1. The van der Waals surface area contributed by atoms with E-state index in [0.717, 1.165) is 0 Å². The second-order valence-electron chi connectivity index (χ2n) is 6.89. The first-order valence-corrected chi connectivity index (χ1v) is 10.1. The van der Waals surface area contributed by atoms with Gasteiger partial charge in [-0.25, -0.2) is 9.59 Å². The molecule has 0 amide bonds. The summed E-state index contributed by atoms with van der Waals surface area (Å²) in [4.78, 5) is 34.8. The number of anilines is 1. The number of alkyl halides is 3. The van der Waals surface area contributed by atoms with E-state index in [4.69, 9.17) is 9.47 Å². The van der Waals surface area contributed by atoms with Gasteiger partial charge in [-0.2, -0.15) is 23.1 Å². The minimum absolute atomic E-state index is 0.000582. The predicted octanol–water partition coefficient (Wildman–Crippen LogP) is 1.04. The Morgan fingerprint density at radius 2 is 2.12 bits per heavy atom. The average molecular weight is 468 g/mol. The summed E-state index contributed by atoms with van der Waals surface area (Å²) in [6.45, 7) is 7.77. The first-order chi connectivity index (χ1) is 15.7. The van der Waals surface area contributed by atoms with Crippen molar-refractivity contribution in [3.63, 3.8) is 0 Å². The number of esters is 1. The fourth-order valence-electron chi connectivity index (χ4n) is 3.38. The lowest BCUT2D eigenvalue weighted by Gasteiger charge is -2.36. The highest BCUT2D eigenvalue weighted by molar-refractivity contribution is 5.85. The smallest absolute Gasteiger partial charge is 0.464 e. The van der Waals surface area contributed by atoms with Crippen LogP contribution in [0.2, 0.25) is 0 Å². The van der Waals surface area contributed by atoms with Crippen molar-refractivity contribution in [2.45, 2.75) is 39.3 Å². The quantitative estimate of drug-likeness (QED) is 0.365. The SMILES string of the molecule is C=CCn1c(=O)n(CC#CC)c2c(N3CCNCC3OC(=O)C(F)(F)F)nc(OCC)nc21. The molecule has 33 heavy (non-hydrogen) atoms. The Morgan fingerprint density at radius 1 is 1.36 bits per heavy atom. The summed E-state index contributed by atoms with van der Waals surface area (Å²) in [5.74, 6) is 3.29. The Bertz CT molecular complexity index is 1160. The van der Waals surface area contributed by atoms with Gasteiger partial charge >= 0.3 is 23.8 Å². The van der Waals surface area contributed by atoms with E-state index >= 15 is 0 Å². The summed E-state index contributed by atoms with van der Waals surface area (Å²) in [5.41, 5.74) is -0.00971. The van der Waals surface area contributed by atoms with Crippen molar-refractivity contribution in [3.8, 4) is 17.9 Å². The molecule has 1 unspecified atom stereocenters. The van der Waals surface area contributed by atoms with Crippen LogP contribution >= 0.6 is 0 Å². The number of ether oxygens (including phenoxy) is 2. The van der Waals surface area contributed by atoms with Gasteiger partial charge in [-0.3, -0.25) is 9.13 Å². The molecule has 0 radical (unpaired) electrons. The third kappa shape index (κ3) is 4.95. The highest BCUT2D eigenvalue weighted by Crippen LogP contribution is 2.29. The van der Waals surface area contributed by atoms with Crippen LogP contribution in [0.3, 0.4) is 0 Å². The molecular formula is C20H23F3N6O4. The highest BCUT2D eigenvalue weighted by Gasteiger charge is 2.44. The Kier molecular flexibility index (Phi) is 7.27. The van der Waals surface area contributed by atoms with E-state index < -0.39 is 24.1 Å². The number of imidazole rings is 1. The fourth-order valence-corrected chi connectivity index (χ4v) is 3.38. The van der Waals surface area contributed by atoms with Crippen molar-refractivity contribution in [3.05, 3.63) is 23.1 Å². The molecule has 3 rings (SSSR count). The number of nitrogens with zero attached hydrogens (tertiary/aromatic N) is 5. The molecule has 1 aliphatic heterocycles. The summed E-state index contributed by atoms with van der Waals surface area (Å²) in [5, 5.41) is 2.89. The molecule has 1 N–H and O–H groups in total. The van der Waals surface area contributed by atoms with Crippen LogP contribution in [-0.4, -0.2) is 63.7 Å². The molecular weight excluding hydrogens is 445 g/mol. The largest absolute Gasteiger partial charge is 0.491 e. The van der Waals surface area contributed by atoms with Crippen molar-refractivity contribution in [2.75, 3.05) is 31.1 Å². The number of allylic oxidation sites excluding steroid dienone is 1. The van der Waals surface area contributed by atoms with Gasteiger partial charge in [-0.05, 0) is 13.8 Å². The second kappa shape index (κ2) is 9.95. The Balaban J connectivity index is 2.24. The number of fused-ring (bicyclic) bond motifs is 1. The Hall–Kier alpha value is -3.53. The molecule has 0 bridgehead atoms. The highest BCUT2D eigenvalue weighted by atomic mass is 19.4. The summed E-state index contributed by atoms with van der Waals surface area (Å²) >= 11 is 0. The molecule has 13 heteroatoms. The number of piperazine rings is 1. The zero-order valence-electron chi connectivity index (χ0n) is 18.1. The molecule has 1 fully saturated rings. The van der Waals surface area contributed by atoms with Crippen molar-refractivity contribution >= 4 is 23.0 Å². The number of nitrogens with one attached hydrogen (secondary N) is 1. The van der Waals surface area contributed by atoms with Gasteiger partial charge in [0.2, 0.25) is 0 Å². The maximum atomic E-state index is 13.1. The van der Waals surface area contributed by atoms with E-state index in [9.17, 15) is 22.8 Å². The Morgan fingerprint density at radius 3 is 2.76 bits per heavy atom. The van der Waals surface area contributed by atoms with Crippen molar-refractivity contribution in [2.24, 2.45) is 0 Å². The third-order valence-electron chi connectivity index (χ3n) is 4.76. The van der Waals surface area contributed by atoms with Crippen molar-refractivity contribution < 1.29 is 27.4 Å². The van der Waals surface area contributed by atoms with Crippen LogP contribution in [0.5, 0.6) is 6.01 Å². The van der Waals surface area contributed by atoms with Crippen LogP contribution in [0.25, 0.3) is 11.2 Å². The molecule has 0 saturated carbocycles. The minimum atomic E-state index is -5.16. The summed E-state index contributed by atoms with van der Waals surface area (Å²) in [7, 11) is 0. The van der Waals surface area contributed by atoms with Gasteiger partial charge in [-0.1, -0.05) is 12.0 Å². The summed E-state index contributed by atoms with van der Waals surface area (Å²) in [6, 6.07) is -0.0732. The molecule has 0 aliphatic carbocycles. The number of hydrogen-bond donors (Lipinski definition) is 1. The molecule has 10 nitrogen and oxygen atoms in total. The zero-order valence-corrected chi connectivity index (χ0v) is 18.1. The molecule has 3 heterocycles. The third-order valence-corrected chi connectivity index (χ3v) is 4.76. The van der Waals surface area contributed by atoms with Crippen LogP contribution in [0.4, 0.5) is 19.0 Å². The van der Waals surface area contributed by atoms with Crippen molar-refractivity contribution in [1.29, 1.82) is 0 Å². The second-order valence-corrected chi connectivity index (χ2v) is 6.89. The molecule has 0 aromatic carbocycles. The van der Waals surface area contributed by atoms with Crippen LogP contribution in [0, 0.1) is 11.8 Å². The molecule has 0 spiro atoms. The normalized spacial score (nSPS) is 16.3. The van der Waals surface area contributed by atoms with E-state index in [2.05, 4.69) is 33.7 Å². The molecule has 1 saturated heterocycles. The lowest BCUT2D eigenvalue weighted by atomic mass is 10.3. The fraction of sp³-hybridized carbons (Fsp3) is 0.500. The van der Waals surface area contributed by atoms with E-state index in [1.165, 1.54) is 20.1 Å². The van der Waals surface area contributed by atoms with Crippen LogP contribution in [0.1, 0.15) is 13.8 Å². The standard InChI is InChI=1S/C20H23F3N6O4/c1-4-7-10-28-14-15(27-11-8-24-12-13(27)33-17(30)20(21,22)23)25-18(32-6-3)26-16(14)29(9-5-2)19(28)31/h5,13,24H,2,6,8-12H2,1,3H3. The number of rotatable bonds is 7. The molecule has 178 valence electrons. The van der Waals surface area contributed by atoms with Crippen molar-refractivity contribution in [1.82, 2.24) is 24.4 Å². The molecule has 2 aromatic rings. The van der Waals surface area contributed by atoms with E-state index in [1.807, 2.05) is 0 Å². The maximum absolute atomic E-state index is 13.1. The summed E-state index contributed by atoms with van der Waals surface area (Å²) < 4.78 is 51.4. The van der Waals surface area contributed by atoms with Crippen LogP contribution in [0.15, 0.2) is 17.4 Å². The van der Waals surface area contributed by atoms with Gasteiger partial charge in [0.25, 0.3) is 0 Å². The van der Waals surface area contributed by atoms with Gasteiger partial charge in [-0.15, -0.1) is 12.5 Å². The lowest BCUT2D eigenvalue weighted by Crippen LogP contribution is -2.54. The number of carbonyl (C=O) groups excluding carboxylic acids is 1. The van der Waals surface area contributed by atoms with Gasteiger partial charge < -0.3 is 19.7 Å². The Labute approximate surface area is 187 Å². The van der Waals surface area contributed by atoms with Crippen LogP contribution in [-0.2, 0) is 22.6 Å². The minimum Gasteiger partial charge on any atom is -0.464 e. The lowest BCUT2D eigenvalue weighted by molar-refractivity contribution is -0.205. The summed E-state index contributed by atoms with van der Waals surface area (Å²) in [6.07, 6.45) is -4.98. The number of aromatic nitrogens is 4. The van der Waals surface area contributed by atoms with E-state index in [1.54, 1.807) is 13.8 Å². The zero-order chi connectivity index (χ0) is 24.2. The molecule has 2 aromatic heterocycles. The molecule has 1 aliphatic rings. The predicted molar refractivity (Wildman–Crippen MR) is 113 cm³/mol.